The summed E-state index contributed by atoms with van der Waals surface area (Å²) in [6, 6.07) is 12.9. The van der Waals surface area contributed by atoms with E-state index in [-0.39, 0.29) is 5.91 Å². The van der Waals surface area contributed by atoms with E-state index in [4.69, 9.17) is 10.00 Å². The number of aromatic nitrogens is 1. The molecule has 0 unspecified atom stereocenters. The van der Waals surface area contributed by atoms with E-state index in [0.29, 0.717) is 23.7 Å². The zero-order chi connectivity index (χ0) is 15.8. The average Bonchev–Trinajstić information content (AvgIpc) is 2.58. The molecule has 2 rings (SSSR count). The van der Waals surface area contributed by atoms with Crippen molar-refractivity contribution in [3.05, 3.63) is 53.7 Å². The smallest absolute Gasteiger partial charge is 0.252 e. The van der Waals surface area contributed by atoms with Crippen molar-refractivity contribution in [1.29, 1.82) is 5.26 Å². The van der Waals surface area contributed by atoms with Crippen LogP contribution in [0.25, 0.3) is 0 Å². The zero-order valence-electron chi connectivity index (χ0n) is 12.1. The second-order valence-corrected chi connectivity index (χ2v) is 5.35. The zero-order valence-corrected chi connectivity index (χ0v) is 12.9. The fraction of sp³-hybridized carbons (Fsp3) is 0.188. The third-order valence-electron chi connectivity index (χ3n) is 2.88. The van der Waals surface area contributed by atoms with Gasteiger partial charge in [0, 0.05) is 23.7 Å². The minimum Gasteiger partial charge on any atom is -0.481 e. The van der Waals surface area contributed by atoms with E-state index < -0.39 is 0 Å². The van der Waals surface area contributed by atoms with Gasteiger partial charge in [0.1, 0.15) is 0 Å². The number of rotatable bonds is 6. The van der Waals surface area contributed by atoms with Crippen molar-refractivity contribution in [1.82, 2.24) is 10.3 Å². The Balaban J connectivity index is 2.01. The molecule has 0 radical (unpaired) electrons. The standard InChI is InChI=1S/C16H15N3O2S/c1-21-15-7-6-12(10-18-15)11-19-16(20)13-4-2-3-5-14(13)22-9-8-17/h2-7,10H,9,11H2,1H3,(H,19,20). The van der Waals surface area contributed by atoms with Crippen molar-refractivity contribution in [2.45, 2.75) is 11.4 Å². The van der Waals surface area contributed by atoms with E-state index in [0.717, 1.165) is 10.5 Å². The summed E-state index contributed by atoms with van der Waals surface area (Å²) in [5.41, 5.74) is 1.46. The second-order valence-electron chi connectivity index (χ2n) is 4.33. The fourth-order valence-electron chi connectivity index (χ4n) is 1.80. The van der Waals surface area contributed by atoms with Gasteiger partial charge in [0.05, 0.1) is 24.5 Å². The minimum atomic E-state index is -0.170. The van der Waals surface area contributed by atoms with Crippen LogP contribution in [0.15, 0.2) is 47.5 Å². The molecule has 0 aliphatic heterocycles. The average molecular weight is 313 g/mol. The first-order chi connectivity index (χ1) is 10.7. The molecule has 6 heteroatoms. The molecule has 22 heavy (non-hydrogen) atoms. The Bertz CT molecular complexity index is 681. The maximum Gasteiger partial charge on any atom is 0.252 e. The first-order valence-corrected chi connectivity index (χ1v) is 7.59. The molecule has 1 heterocycles. The number of hydrogen-bond donors (Lipinski definition) is 1. The lowest BCUT2D eigenvalue weighted by Gasteiger charge is -2.09. The molecular weight excluding hydrogens is 298 g/mol. The molecule has 112 valence electrons. The van der Waals surface area contributed by atoms with Gasteiger partial charge in [-0.25, -0.2) is 4.98 Å². The molecule has 0 aliphatic rings. The van der Waals surface area contributed by atoms with Crippen molar-refractivity contribution in [3.8, 4) is 11.9 Å². The first kappa shape index (κ1) is 15.9. The van der Waals surface area contributed by atoms with Crippen molar-refractivity contribution in [2.24, 2.45) is 0 Å². The van der Waals surface area contributed by atoms with Crippen molar-refractivity contribution >= 4 is 17.7 Å². The summed E-state index contributed by atoms with van der Waals surface area (Å²) >= 11 is 1.35. The number of methoxy groups -OCH3 is 1. The van der Waals surface area contributed by atoms with Crippen molar-refractivity contribution in [3.63, 3.8) is 0 Å². The molecular formula is C16H15N3O2S. The van der Waals surface area contributed by atoms with Crippen LogP contribution in [0.1, 0.15) is 15.9 Å². The van der Waals surface area contributed by atoms with Gasteiger partial charge in [0.15, 0.2) is 0 Å². The number of carbonyl (C=O) groups excluding carboxylic acids is 1. The highest BCUT2D eigenvalue weighted by Crippen LogP contribution is 2.22. The summed E-state index contributed by atoms with van der Waals surface area (Å²) in [6.45, 7) is 0.382. The molecule has 0 fully saturated rings. The Morgan fingerprint density at radius 2 is 2.18 bits per heavy atom. The van der Waals surface area contributed by atoms with Crippen LogP contribution in [0.2, 0.25) is 0 Å². The summed E-state index contributed by atoms with van der Waals surface area (Å²) in [5.74, 6) is 0.678. The molecule has 1 amide bonds. The Morgan fingerprint density at radius 1 is 1.36 bits per heavy atom. The largest absolute Gasteiger partial charge is 0.481 e. The first-order valence-electron chi connectivity index (χ1n) is 6.60. The number of hydrogen-bond acceptors (Lipinski definition) is 5. The topological polar surface area (TPSA) is 75.0 Å². The van der Waals surface area contributed by atoms with Gasteiger partial charge in [0.25, 0.3) is 5.91 Å². The molecule has 0 aliphatic carbocycles. The van der Waals surface area contributed by atoms with Crippen LogP contribution in [-0.4, -0.2) is 23.8 Å². The summed E-state index contributed by atoms with van der Waals surface area (Å²) < 4.78 is 4.99. The highest BCUT2D eigenvalue weighted by molar-refractivity contribution is 7.99. The molecule has 1 aromatic heterocycles. The SMILES string of the molecule is COc1ccc(CNC(=O)c2ccccc2SCC#N)cn1. The van der Waals surface area contributed by atoms with Crippen LogP contribution in [0, 0.1) is 11.3 Å². The van der Waals surface area contributed by atoms with E-state index in [1.807, 2.05) is 18.2 Å². The summed E-state index contributed by atoms with van der Waals surface area (Å²) in [5, 5.41) is 11.5. The highest BCUT2D eigenvalue weighted by atomic mass is 32.2. The normalized spacial score (nSPS) is 9.82. The third kappa shape index (κ3) is 4.24. The fourth-order valence-corrected chi connectivity index (χ4v) is 2.52. The van der Waals surface area contributed by atoms with Gasteiger partial charge in [-0.05, 0) is 17.7 Å². The van der Waals surface area contributed by atoms with Gasteiger partial charge >= 0.3 is 0 Å². The van der Waals surface area contributed by atoms with E-state index >= 15 is 0 Å². The Hall–Kier alpha value is -2.52. The highest BCUT2D eigenvalue weighted by Gasteiger charge is 2.11. The van der Waals surface area contributed by atoms with Crippen molar-refractivity contribution < 1.29 is 9.53 Å². The summed E-state index contributed by atoms with van der Waals surface area (Å²) in [7, 11) is 1.56. The molecule has 0 spiro atoms. The predicted octanol–water partition coefficient (Wildman–Crippen LogP) is 2.64. The maximum atomic E-state index is 12.3. The van der Waals surface area contributed by atoms with Gasteiger partial charge in [0.2, 0.25) is 5.88 Å². The van der Waals surface area contributed by atoms with E-state index in [1.165, 1.54) is 11.8 Å². The van der Waals surface area contributed by atoms with E-state index in [2.05, 4.69) is 16.4 Å². The molecule has 0 saturated carbocycles. The van der Waals surface area contributed by atoms with Gasteiger partial charge in [-0.3, -0.25) is 4.79 Å². The number of benzene rings is 1. The summed E-state index contributed by atoms with van der Waals surface area (Å²) in [6.07, 6.45) is 1.66. The number of nitrogens with one attached hydrogen (secondary N) is 1. The number of nitriles is 1. The molecule has 0 atom stereocenters. The number of ether oxygens (including phenoxy) is 1. The monoisotopic (exact) mass is 313 g/mol. The van der Waals surface area contributed by atoms with E-state index in [9.17, 15) is 4.79 Å². The molecule has 5 nitrogen and oxygen atoms in total. The van der Waals surface area contributed by atoms with Gasteiger partial charge < -0.3 is 10.1 Å². The lowest BCUT2D eigenvalue weighted by molar-refractivity contribution is 0.0948. The Labute approximate surface area is 133 Å². The van der Waals surface area contributed by atoms with E-state index in [1.54, 1.807) is 31.5 Å². The van der Waals surface area contributed by atoms with Crippen molar-refractivity contribution in [2.75, 3.05) is 12.9 Å². The maximum absolute atomic E-state index is 12.3. The van der Waals surface area contributed by atoms with Crippen LogP contribution in [0.5, 0.6) is 5.88 Å². The number of carbonyl (C=O) groups is 1. The lowest BCUT2D eigenvalue weighted by Crippen LogP contribution is -2.23. The van der Waals surface area contributed by atoms with Crippen LogP contribution in [0.3, 0.4) is 0 Å². The van der Waals surface area contributed by atoms with Crippen LogP contribution in [0.4, 0.5) is 0 Å². The number of amides is 1. The van der Waals surface area contributed by atoms with Crippen LogP contribution < -0.4 is 10.1 Å². The lowest BCUT2D eigenvalue weighted by atomic mass is 10.2. The van der Waals surface area contributed by atoms with Gasteiger partial charge in [-0.1, -0.05) is 18.2 Å². The quantitative estimate of drug-likeness (QED) is 0.830. The molecule has 2 aromatic rings. The predicted molar refractivity (Wildman–Crippen MR) is 84.7 cm³/mol. The third-order valence-corrected chi connectivity index (χ3v) is 3.82. The minimum absolute atomic E-state index is 0.170. The molecule has 0 saturated heterocycles. The second kappa shape index (κ2) is 8.05. The van der Waals surface area contributed by atoms with Gasteiger partial charge in [-0.15, -0.1) is 11.8 Å². The Kier molecular flexibility index (Phi) is 5.81. The van der Waals surface area contributed by atoms with Gasteiger partial charge in [-0.2, -0.15) is 5.26 Å². The number of thioether (sulfide) groups is 1. The molecule has 1 N–H and O–H groups in total. The Morgan fingerprint density at radius 3 is 2.86 bits per heavy atom. The number of nitrogens with zero attached hydrogens (tertiary/aromatic N) is 2. The summed E-state index contributed by atoms with van der Waals surface area (Å²) in [4.78, 5) is 17.2. The molecule has 0 bridgehead atoms. The van der Waals surface area contributed by atoms with Crippen LogP contribution >= 0.6 is 11.8 Å². The molecule has 1 aromatic carbocycles. The van der Waals surface area contributed by atoms with Crippen LogP contribution in [-0.2, 0) is 6.54 Å². The number of pyridine rings is 1.